The van der Waals surface area contributed by atoms with Crippen LogP contribution in [0.4, 0.5) is 0 Å². The summed E-state index contributed by atoms with van der Waals surface area (Å²) >= 11 is 0. The fourth-order valence-electron chi connectivity index (χ4n) is 1.00. The lowest BCUT2D eigenvalue weighted by molar-refractivity contribution is -0.119. The van der Waals surface area contributed by atoms with Gasteiger partial charge in [-0.25, -0.2) is 0 Å². The third-order valence-electron chi connectivity index (χ3n) is 1.61. The number of carbonyl (C=O) groups excluding carboxylic acids is 1. The van der Waals surface area contributed by atoms with Gasteiger partial charge < -0.3 is 10.4 Å². The molecule has 0 saturated heterocycles. The van der Waals surface area contributed by atoms with Gasteiger partial charge in [0.05, 0.1) is 0 Å². The van der Waals surface area contributed by atoms with Crippen LogP contribution in [0.1, 0.15) is 33.1 Å². The Morgan fingerprint density at radius 1 is 1.64 bits per heavy atom. The molecule has 2 N–H and O–H groups in total. The van der Waals surface area contributed by atoms with Gasteiger partial charge in [0.2, 0.25) is 5.91 Å². The predicted molar refractivity (Wildman–Crippen MR) is 44.2 cm³/mol. The number of hydrogen-bond acceptors (Lipinski definition) is 2. The van der Waals surface area contributed by atoms with Gasteiger partial charge >= 0.3 is 0 Å². The van der Waals surface area contributed by atoms with Crippen LogP contribution in [-0.4, -0.2) is 23.7 Å². The number of nitrogens with one attached hydrogen (secondary N) is 1. The average molecular weight is 159 g/mol. The van der Waals surface area contributed by atoms with Gasteiger partial charge in [0.1, 0.15) is 0 Å². The molecule has 0 aromatic carbocycles. The van der Waals surface area contributed by atoms with E-state index in [9.17, 15) is 4.79 Å². The minimum atomic E-state index is 0.00906. The lowest BCUT2D eigenvalue weighted by Crippen LogP contribution is -2.32. The van der Waals surface area contributed by atoms with Crippen molar-refractivity contribution in [3.63, 3.8) is 0 Å². The molecule has 0 heterocycles. The molecule has 11 heavy (non-hydrogen) atoms. The van der Waals surface area contributed by atoms with Crippen LogP contribution in [0.15, 0.2) is 0 Å². The monoisotopic (exact) mass is 159 g/mol. The van der Waals surface area contributed by atoms with Crippen molar-refractivity contribution in [3.8, 4) is 0 Å². The van der Waals surface area contributed by atoms with E-state index in [1.165, 1.54) is 6.92 Å². The molecular formula is C8H17NO2. The SMILES string of the molecule is CCC(CCCO)NC(C)=O. The number of aliphatic hydroxyl groups excluding tert-OH is 1. The summed E-state index contributed by atoms with van der Waals surface area (Å²) in [4.78, 5) is 10.6. The van der Waals surface area contributed by atoms with E-state index in [-0.39, 0.29) is 18.6 Å². The van der Waals surface area contributed by atoms with Crippen LogP contribution in [0, 0.1) is 0 Å². The average Bonchev–Trinajstić information content (AvgIpc) is 1.97. The summed E-state index contributed by atoms with van der Waals surface area (Å²) in [5.41, 5.74) is 0. The summed E-state index contributed by atoms with van der Waals surface area (Å²) in [6.45, 7) is 3.75. The van der Waals surface area contributed by atoms with Gasteiger partial charge in [0.25, 0.3) is 0 Å². The first-order valence-electron chi connectivity index (χ1n) is 4.08. The van der Waals surface area contributed by atoms with Gasteiger partial charge in [-0.2, -0.15) is 0 Å². The number of amides is 1. The molecule has 0 bridgehead atoms. The first-order valence-corrected chi connectivity index (χ1v) is 4.08. The molecule has 0 aromatic rings. The molecule has 1 amide bonds. The molecular weight excluding hydrogens is 142 g/mol. The maximum atomic E-state index is 10.6. The number of hydrogen-bond donors (Lipinski definition) is 2. The summed E-state index contributed by atoms with van der Waals surface area (Å²) in [6.07, 6.45) is 2.56. The molecule has 0 aliphatic rings. The van der Waals surface area contributed by atoms with Crippen LogP contribution in [0.5, 0.6) is 0 Å². The Morgan fingerprint density at radius 3 is 2.64 bits per heavy atom. The van der Waals surface area contributed by atoms with Crippen LogP contribution in [0.25, 0.3) is 0 Å². The van der Waals surface area contributed by atoms with Gasteiger partial charge in [-0.3, -0.25) is 4.79 Å². The van der Waals surface area contributed by atoms with E-state index < -0.39 is 0 Å². The normalized spacial score (nSPS) is 12.6. The fraction of sp³-hybridized carbons (Fsp3) is 0.875. The standard InChI is InChI=1S/C8H17NO2/c1-3-8(5-4-6-10)9-7(2)11/h8,10H,3-6H2,1-2H3,(H,9,11). The molecule has 3 nitrogen and oxygen atoms in total. The van der Waals surface area contributed by atoms with Gasteiger partial charge in [-0.15, -0.1) is 0 Å². The molecule has 0 radical (unpaired) electrons. The maximum absolute atomic E-state index is 10.6. The largest absolute Gasteiger partial charge is 0.396 e. The number of aliphatic hydroxyl groups is 1. The summed E-state index contributed by atoms with van der Waals surface area (Å²) in [5, 5.41) is 11.3. The van der Waals surface area contributed by atoms with E-state index >= 15 is 0 Å². The van der Waals surface area contributed by atoms with Crippen molar-refractivity contribution in [2.45, 2.75) is 39.2 Å². The minimum absolute atomic E-state index is 0.00906. The van der Waals surface area contributed by atoms with Gasteiger partial charge in [0.15, 0.2) is 0 Å². The van der Waals surface area contributed by atoms with E-state index in [0.29, 0.717) is 0 Å². The third kappa shape index (κ3) is 5.85. The Labute approximate surface area is 67.8 Å². The zero-order valence-electron chi connectivity index (χ0n) is 7.26. The number of rotatable bonds is 5. The molecule has 0 fully saturated rings. The van der Waals surface area contributed by atoms with Gasteiger partial charge in [-0.1, -0.05) is 6.92 Å². The Bertz CT molecular complexity index is 115. The van der Waals surface area contributed by atoms with Crippen LogP contribution in [0.3, 0.4) is 0 Å². The molecule has 0 rings (SSSR count). The van der Waals surface area contributed by atoms with Crippen LogP contribution in [-0.2, 0) is 4.79 Å². The molecule has 0 aliphatic carbocycles. The third-order valence-corrected chi connectivity index (χ3v) is 1.61. The summed E-state index contributed by atoms with van der Waals surface area (Å²) in [6, 6.07) is 0.236. The Kier molecular flexibility index (Phi) is 5.84. The second-order valence-electron chi connectivity index (χ2n) is 2.67. The van der Waals surface area contributed by atoms with E-state index in [0.717, 1.165) is 19.3 Å². The number of carbonyl (C=O) groups is 1. The highest BCUT2D eigenvalue weighted by Gasteiger charge is 2.05. The minimum Gasteiger partial charge on any atom is -0.396 e. The molecule has 0 aliphatic heterocycles. The molecule has 66 valence electrons. The van der Waals surface area contributed by atoms with Crippen molar-refractivity contribution in [1.29, 1.82) is 0 Å². The van der Waals surface area contributed by atoms with Crippen LogP contribution < -0.4 is 5.32 Å². The highest BCUT2D eigenvalue weighted by Crippen LogP contribution is 2.00. The zero-order valence-corrected chi connectivity index (χ0v) is 7.26. The molecule has 0 saturated carbocycles. The summed E-state index contributed by atoms with van der Waals surface area (Å²) < 4.78 is 0. The van der Waals surface area contributed by atoms with Crippen molar-refractivity contribution < 1.29 is 9.90 Å². The first-order chi connectivity index (χ1) is 5.20. The van der Waals surface area contributed by atoms with Crippen molar-refractivity contribution >= 4 is 5.91 Å². The lowest BCUT2D eigenvalue weighted by atomic mass is 10.1. The molecule has 3 heteroatoms. The van der Waals surface area contributed by atoms with Gasteiger partial charge in [-0.05, 0) is 19.3 Å². The van der Waals surface area contributed by atoms with Crippen molar-refractivity contribution in [3.05, 3.63) is 0 Å². The Balaban J connectivity index is 3.49. The quantitative estimate of drug-likeness (QED) is 0.619. The van der Waals surface area contributed by atoms with E-state index in [4.69, 9.17) is 5.11 Å². The molecule has 1 atom stereocenters. The van der Waals surface area contributed by atoms with E-state index in [1.54, 1.807) is 0 Å². The predicted octanol–water partition coefficient (Wildman–Crippen LogP) is 0.674. The zero-order chi connectivity index (χ0) is 8.69. The second-order valence-corrected chi connectivity index (χ2v) is 2.67. The fourth-order valence-corrected chi connectivity index (χ4v) is 1.00. The van der Waals surface area contributed by atoms with Gasteiger partial charge in [0, 0.05) is 19.6 Å². The molecule has 0 aromatic heterocycles. The Morgan fingerprint density at radius 2 is 2.27 bits per heavy atom. The smallest absolute Gasteiger partial charge is 0.217 e. The molecule has 1 unspecified atom stereocenters. The van der Waals surface area contributed by atoms with Crippen molar-refractivity contribution in [2.24, 2.45) is 0 Å². The van der Waals surface area contributed by atoms with Crippen LogP contribution in [0.2, 0.25) is 0 Å². The summed E-state index contributed by atoms with van der Waals surface area (Å²) in [5.74, 6) is 0.00906. The Hall–Kier alpha value is -0.570. The van der Waals surface area contributed by atoms with Crippen LogP contribution >= 0.6 is 0 Å². The maximum Gasteiger partial charge on any atom is 0.217 e. The lowest BCUT2D eigenvalue weighted by Gasteiger charge is -2.14. The topological polar surface area (TPSA) is 49.3 Å². The summed E-state index contributed by atoms with van der Waals surface area (Å²) in [7, 11) is 0. The van der Waals surface area contributed by atoms with Crippen molar-refractivity contribution in [2.75, 3.05) is 6.61 Å². The highest BCUT2D eigenvalue weighted by molar-refractivity contribution is 5.73. The van der Waals surface area contributed by atoms with E-state index in [1.807, 2.05) is 6.92 Å². The second kappa shape index (κ2) is 6.16. The van der Waals surface area contributed by atoms with Crippen molar-refractivity contribution in [1.82, 2.24) is 5.32 Å². The van der Waals surface area contributed by atoms with E-state index in [2.05, 4.69) is 5.32 Å². The highest BCUT2D eigenvalue weighted by atomic mass is 16.2. The first kappa shape index (κ1) is 10.4. The molecule has 0 spiro atoms.